The highest BCUT2D eigenvalue weighted by Gasteiger charge is 2.20. The summed E-state index contributed by atoms with van der Waals surface area (Å²) in [5.41, 5.74) is 17.6. The molecule has 110 heavy (non-hydrogen) atoms. The molecule has 5 fully saturated rings. The largest absolute Gasteiger partial charge is 0.481 e. The minimum atomic E-state index is -1.31. The number of aliphatic carboxylic acids is 3. The van der Waals surface area contributed by atoms with Gasteiger partial charge in [0.1, 0.15) is 35.0 Å². The van der Waals surface area contributed by atoms with E-state index in [1.807, 2.05) is 48.8 Å². The van der Waals surface area contributed by atoms with Crippen LogP contribution < -0.4 is 27.4 Å². The van der Waals surface area contributed by atoms with E-state index in [4.69, 9.17) is 61.6 Å². The average molecular weight is 1530 g/mol. The number of pyridine rings is 6. The summed E-state index contributed by atoms with van der Waals surface area (Å²) in [7, 11) is 4.26. The summed E-state index contributed by atoms with van der Waals surface area (Å²) < 4.78 is 17.1. The van der Waals surface area contributed by atoms with Crippen molar-refractivity contribution in [2.45, 2.75) is 121 Å². The summed E-state index contributed by atoms with van der Waals surface area (Å²) in [6.45, 7) is 17.9. The van der Waals surface area contributed by atoms with E-state index < -0.39 is 24.3 Å². The average Bonchev–Trinajstić information content (AvgIpc) is 1.36. The van der Waals surface area contributed by atoms with Crippen molar-refractivity contribution < 1.29 is 52.5 Å². The van der Waals surface area contributed by atoms with E-state index in [-0.39, 0.29) is 17.7 Å². The van der Waals surface area contributed by atoms with E-state index in [1.54, 1.807) is 73.3 Å². The van der Waals surface area contributed by atoms with Crippen LogP contribution in [0.25, 0.3) is 79.2 Å². The van der Waals surface area contributed by atoms with Crippen LogP contribution in [0.2, 0.25) is 5.02 Å². The van der Waals surface area contributed by atoms with Gasteiger partial charge in [-0.2, -0.15) is 0 Å². The molecule has 0 aliphatic carbocycles. The zero-order valence-corrected chi connectivity index (χ0v) is 64.1. The number of hydrogen-bond donors (Lipinski definition) is 8. The number of likely N-dealkylation sites (tertiary alicyclic amines) is 5. The van der Waals surface area contributed by atoms with E-state index in [2.05, 4.69) is 74.5 Å². The Morgan fingerprint density at radius 1 is 0.518 bits per heavy atom. The molecule has 5 saturated heterocycles. The standard InChI is InChI=1S/C29H38N6O2.C23H26N4O3.C13H7ClN2O2.C8H18N2.C6H14N2.C3H4O4/c1-34-18-11-22(12-19-34)32-29(36)9-7-23-6-8-28(37-23)27-20-26(24-21-30-14-10-25(24)33-27)31-13-5-17-35-15-3-2-4-16-35;28-23(29)8-6-17-5-7-22(30-17)21-15-20(18-16-24-11-9-19(18)26-21)25-10-4-14-27-12-2-1-3-13-27;14-10-5-12(13-2-1-8(7-17)18-13)16-11-3-4-15-6-9(10)11;9-5-4-8-10-6-2-1-3-7-10;1-8-4-2-6(7)3-5-8;4-2(5)1-3(6)7/h6-10,14,20-22H,2-5,11-13,15-19H2,1H3,(H,31,33)(H,32,36);5-9,11,15-16H,1-4,10,12-14H2,(H,25,26)(H,28,29);1-7H;1-9H2;6H,2-5,7H2,1H3;1H2,(H,4,5)(H,6,7)/b9-7+;8-6+;;;;. The van der Waals surface area contributed by atoms with Gasteiger partial charge in [0.15, 0.2) is 29.3 Å². The third-order valence-corrected chi connectivity index (χ3v) is 19.7. The molecule has 0 unspecified atom stereocenters. The molecule has 27 nitrogen and oxygen atoms in total. The first-order valence-corrected chi connectivity index (χ1v) is 38.8. The number of nitrogens with one attached hydrogen (secondary N) is 3. The van der Waals surface area contributed by atoms with Crippen molar-refractivity contribution in [3.63, 3.8) is 0 Å². The number of furan rings is 3. The van der Waals surface area contributed by atoms with Gasteiger partial charge in [0.05, 0.1) is 21.6 Å². The van der Waals surface area contributed by atoms with Gasteiger partial charge >= 0.3 is 17.9 Å². The van der Waals surface area contributed by atoms with Crippen molar-refractivity contribution in [2.24, 2.45) is 11.5 Å². The number of aldehydes is 1. The van der Waals surface area contributed by atoms with Gasteiger partial charge in [-0.1, -0.05) is 30.9 Å². The normalized spacial score (nSPS) is 16.3. The minimum Gasteiger partial charge on any atom is -0.481 e. The van der Waals surface area contributed by atoms with Crippen molar-refractivity contribution in [3.8, 4) is 34.4 Å². The Morgan fingerprint density at radius 2 is 0.918 bits per heavy atom. The van der Waals surface area contributed by atoms with Gasteiger partial charge < -0.3 is 80.5 Å². The molecule has 10 N–H and O–H groups in total. The van der Waals surface area contributed by atoms with E-state index in [0.29, 0.717) is 57.5 Å². The first-order valence-electron chi connectivity index (χ1n) is 38.4. The van der Waals surface area contributed by atoms with Gasteiger partial charge in [0.2, 0.25) is 5.91 Å². The van der Waals surface area contributed by atoms with Crippen LogP contribution >= 0.6 is 11.6 Å². The molecule has 9 aromatic heterocycles. The Hall–Kier alpha value is -9.84. The molecule has 0 radical (unpaired) electrons. The molecule has 14 heterocycles. The summed E-state index contributed by atoms with van der Waals surface area (Å²) in [5, 5.41) is 37.7. The molecule has 0 aromatic carbocycles. The van der Waals surface area contributed by atoms with Crippen LogP contribution in [-0.4, -0.2) is 231 Å². The Balaban J connectivity index is 0.000000169. The number of carboxylic acid groups (broad SMARTS) is 3. The molecule has 1 amide bonds. The SMILES string of the molecule is CN1CCC(N)CC1.CN1CCC(NC(=O)/C=C/c2ccc(-c3cc(NCCCN4CCCCC4)c4cnccc4n3)o2)CC1.NCCCN1CCCCC1.O=C(O)/C=C/c1ccc(-c2cc(NCCCN3CCCCC3)c3cnccc3n2)o1.O=C(O)CC(=O)O.O=Cc1ccc(-c2cc(Cl)c3cnccc3n2)o1. The zero-order valence-electron chi connectivity index (χ0n) is 63.3. The number of anilines is 2. The van der Waals surface area contributed by atoms with Crippen molar-refractivity contribution in [1.82, 2.24) is 59.7 Å². The fraction of sp³-hybridized carbons (Fsp3) is 0.451. The Kier molecular flexibility index (Phi) is 34.7. The predicted octanol–water partition coefficient (Wildman–Crippen LogP) is 12.4. The summed E-state index contributed by atoms with van der Waals surface area (Å²) in [4.78, 5) is 91.2. The lowest BCUT2D eigenvalue weighted by atomic mass is 10.1. The predicted molar refractivity (Wildman–Crippen MR) is 432 cm³/mol. The smallest absolute Gasteiger partial charge is 0.328 e. The second-order valence-electron chi connectivity index (χ2n) is 28.1. The number of nitrogens with two attached hydrogens (primary N) is 2. The highest BCUT2D eigenvalue weighted by Crippen LogP contribution is 2.33. The van der Waals surface area contributed by atoms with Crippen LogP contribution in [0.1, 0.15) is 131 Å². The van der Waals surface area contributed by atoms with Crippen LogP contribution in [-0.2, 0) is 19.2 Å². The van der Waals surface area contributed by atoms with Crippen molar-refractivity contribution in [3.05, 3.63) is 144 Å². The summed E-state index contributed by atoms with van der Waals surface area (Å²) >= 11 is 6.16. The Bertz CT molecular complexity index is 4380. The zero-order chi connectivity index (χ0) is 77.8. The van der Waals surface area contributed by atoms with E-state index >= 15 is 0 Å². The lowest BCUT2D eigenvalue weighted by Gasteiger charge is -2.29. The number of piperidine rings is 5. The Labute approximate surface area is 647 Å². The molecule has 14 rings (SSSR count). The fourth-order valence-electron chi connectivity index (χ4n) is 13.3. The topological polar surface area (TPSA) is 367 Å². The maximum Gasteiger partial charge on any atom is 0.328 e. The molecule has 0 atom stereocenters. The number of carboxylic acids is 3. The van der Waals surface area contributed by atoms with Gasteiger partial charge in [0.25, 0.3) is 0 Å². The third-order valence-electron chi connectivity index (χ3n) is 19.4. The van der Waals surface area contributed by atoms with Crippen molar-refractivity contribution >= 4 is 97.9 Å². The first-order chi connectivity index (χ1) is 53.4. The van der Waals surface area contributed by atoms with Crippen molar-refractivity contribution in [2.75, 3.05) is 129 Å². The first kappa shape index (κ1) is 84.2. The highest BCUT2D eigenvalue weighted by atomic mass is 35.5. The lowest BCUT2D eigenvalue weighted by molar-refractivity contribution is -0.147. The number of rotatable bonds is 24. The number of hydrogen-bond acceptors (Lipinski definition) is 23. The number of amides is 1. The third kappa shape index (κ3) is 28.5. The van der Waals surface area contributed by atoms with E-state index in [9.17, 15) is 24.0 Å². The molecular weight excluding hydrogens is 1420 g/mol. The van der Waals surface area contributed by atoms with Crippen LogP contribution in [0.15, 0.2) is 135 Å². The van der Waals surface area contributed by atoms with Gasteiger partial charge in [-0.25, -0.2) is 19.7 Å². The molecule has 0 bridgehead atoms. The monoisotopic (exact) mass is 1530 g/mol. The number of halogens is 1. The van der Waals surface area contributed by atoms with E-state index in [1.165, 1.54) is 142 Å². The van der Waals surface area contributed by atoms with Crippen LogP contribution in [0.5, 0.6) is 0 Å². The number of nitrogens with zero attached hydrogens (tertiary/aromatic N) is 11. The van der Waals surface area contributed by atoms with Crippen LogP contribution in [0.4, 0.5) is 11.4 Å². The van der Waals surface area contributed by atoms with Gasteiger partial charge in [-0.05, 0) is 274 Å². The minimum absolute atomic E-state index is 0.0835. The van der Waals surface area contributed by atoms with Crippen LogP contribution in [0, 0.1) is 0 Å². The summed E-state index contributed by atoms with van der Waals surface area (Å²) in [5.74, 6) is -0.586. The maximum atomic E-state index is 12.4. The molecule has 0 saturated carbocycles. The molecule has 28 heteroatoms. The summed E-state index contributed by atoms with van der Waals surface area (Å²) in [6.07, 6.45) is 35.9. The molecule has 588 valence electrons. The molecule has 5 aliphatic rings. The second kappa shape index (κ2) is 45.3. The summed E-state index contributed by atoms with van der Waals surface area (Å²) in [6, 6.07) is 22.6. The molecular formula is C82H107ClN16O11. The molecule has 0 spiro atoms. The quantitative estimate of drug-likeness (QED) is 0.0121. The highest BCUT2D eigenvalue weighted by molar-refractivity contribution is 6.35. The van der Waals surface area contributed by atoms with Crippen LogP contribution in [0.3, 0.4) is 0 Å². The van der Waals surface area contributed by atoms with Gasteiger partial charge in [0, 0.05) is 102 Å². The lowest BCUT2D eigenvalue weighted by Crippen LogP contribution is -2.42. The maximum absolute atomic E-state index is 12.4. The number of fused-ring (bicyclic) bond motifs is 3. The molecule has 9 aromatic rings. The van der Waals surface area contributed by atoms with Gasteiger partial charge in [-0.15, -0.1) is 0 Å². The number of carbonyl (C=O) groups excluding carboxylic acids is 2. The number of aromatic nitrogens is 6. The van der Waals surface area contributed by atoms with E-state index in [0.717, 1.165) is 127 Å². The fourth-order valence-corrected chi connectivity index (χ4v) is 13.6. The molecule has 5 aliphatic heterocycles. The number of carbonyl (C=O) groups is 5. The second-order valence-corrected chi connectivity index (χ2v) is 28.5. The van der Waals surface area contributed by atoms with Crippen molar-refractivity contribution in [1.29, 1.82) is 0 Å². The van der Waals surface area contributed by atoms with Gasteiger partial charge in [-0.3, -0.25) is 34.1 Å². The Morgan fingerprint density at radius 3 is 1.33 bits per heavy atom.